The van der Waals surface area contributed by atoms with E-state index in [1.165, 1.54) is 0 Å². The average Bonchev–Trinajstić information content (AvgIpc) is 2.88. The third kappa shape index (κ3) is 3.21. The van der Waals surface area contributed by atoms with Crippen molar-refractivity contribution in [1.29, 1.82) is 0 Å². The lowest BCUT2D eigenvalue weighted by atomic mass is 10.1. The smallest absolute Gasteiger partial charge is 0.325 e. The Hall–Kier alpha value is -2.07. The molecule has 18 heavy (non-hydrogen) atoms. The maximum atomic E-state index is 11.2. The SMILES string of the molecule is O=C(O)C(NCCc1ccco1)c1ccccc1. The van der Waals surface area contributed by atoms with Crippen molar-refractivity contribution < 1.29 is 14.3 Å². The molecule has 1 aromatic heterocycles. The summed E-state index contributed by atoms with van der Waals surface area (Å²) in [7, 11) is 0. The van der Waals surface area contributed by atoms with Gasteiger partial charge in [0.2, 0.25) is 0 Å². The molecule has 0 fully saturated rings. The summed E-state index contributed by atoms with van der Waals surface area (Å²) in [5.41, 5.74) is 0.754. The van der Waals surface area contributed by atoms with Crippen molar-refractivity contribution in [2.75, 3.05) is 6.54 Å². The average molecular weight is 245 g/mol. The summed E-state index contributed by atoms with van der Waals surface area (Å²) in [6.45, 7) is 0.555. The lowest BCUT2D eigenvalue weighted by molar-refractivity contribution is -0.139. The third-order valence-corrected chi connectivity index (χ3v) is 2.68. The number of carbonyl (C=O) groups is 1. The zero-order chi connectivity index (χ0) is 12.8. The van der Waals surface area contributed by atoms with Gasteiger partial charge in [0.15, 0.2) is 0 Å². The second-order valence-electron chi connectivity index (χ2n) is 3.97. The van der Waals surface area contributed by atoms with Gasteiger partial charge in [-0.05, 0) is 17.7 Å². The van der Waals surface area contributed by atoms with E-state index in [1.54, 1.807) is 18.4 Å². The lowest BCUT2D eigenvalue weighted by Gasteiger charge is -2.14. The first kappa shape index (κ1) is 12.4. The Bertz CT molecular complexity index is 479. The Morgan fingerprint density at radius 3 is 2.61 bits per heavy atom. The maximum Gasteiger partial charge on any atom is 0.325 e. The number of carboxylic acid groups (broad SMARTS) is 1. The van der Waals surface area contributed by atoms with Gasteiger partial charge in [0.25, 0.3) is 0 Å². The number of aliphatic carboxylic acids is 1. The van der Waals surface area contributed by atoms with E-state index in [9.17, 15) is 9.90 Å². The number of furan rings is 1. The second kappa shape index (κ2) is 6.02. The fourth-order valence-corrected chi connectivity index (χ4v) is 1.79. The molecule has 2 aromatic rings. The highest BCUT2D eigenvalue weighted by Gasteiger charge is 2.18. The third-order valence-electron chi connectivity index (χ3n) is 2.68. The van der Waals surface area contributed by atoms with E-state index in [0.29, 0.717) is 13.0 Å². The van der Waals surface area contributed by atoms with Gasteiger partial charge >= 0.3 is 5.97 Å². The molecule has 94 valence electrons. The van der Waals surface area contributed by atoms with Gasteiger partial charge in [-0.25, -0.2) is 0 Å². The Morgan fingerprint density at radius 2 is 2.00 bits per heavy atom. The van der Waals surface area contributed by atoms with Crippen LogP contribution in [0.2, 0.25) is 0 Å². The molecule has 1 heterocycles. The first-order valence-electron chi connectivity index (χ1n) is 5.81. The zero-order valence-electron chi connectivity index (χ0n) is 9.87. The number of hydrogen-bond donors (Lipinski definition) is 2. The Morgan fingerprint density at radius 1 is 1.22 bits per heavy atom. The first-order valence-corrected chi connectivity index (χ1v) is 5.81. The molecular weight excluding hydrogens is 230 g/mol. The zero-order valence-corrected chi connectivity index (χ0v) is 9.87. The summed E-state index contributed by atoms with van der Waals surface area (Å²) in [4.78, 5) is 11.2. The van der Waals surface area contributed by atoms with Crippen LogP contribution in [0.5, 0.6) is 0 Å². The summed E-state index contributed by atoms with van der Waals surface area (Å²) in [5.74, 6) is -0.0275. The molecule has 1 aromatic carbocycles. The van der Waals surface area contributed by atoms with Crippen molar-refractivity contribution >= 4 is 5.97 Å². The molecule has 1 atom stereocenters. The van der Waals surface area contributed by atoms with Gasteiger partial charge in [-0.1, -0.05) is 30.3 Å². The molecule has 0 saturated carbocycles. The largest absolute Gasteiger partial charge is 0.480 e. The fraction of sp³-hybridized carbons (Fsp3) is 0.214. The quantitative estimate of drug-likeness (QED) is 0.819. The van der Waals surface area contributed by atoms with E-state index < -0.39 is 12.0 Å². The molecule has 2 N–H and O–H groups in total. The Balaban J connectivity index is 1.93. The van der Waals surface area contributed by atoms with Crippen LogP contribution >= 0.6 is 0 Å². The number of benzene rings is 1. The lowest BCUT2D eigenvalue weighted by Crippen LogP contribution is -2.30. The molecular formula is C14H15NO3. The summed E-state index contributed by atoms with van der Waals surface area (Å²) in [6.07, 6.45) is 2.28. The van der Waals surface area contributed by atoms with E-state index in [4.69, 9.17) is 4.42 Å². The molecule has 4 nitrogen and oxygen atoms in total. The van der Waals surface area contributed by atoms with Crippen LogP contribution in [0.25, 0.3) is 0 Å². The minimum atomic E-state index is -0.874. The normalized spacial score (nSPS) is 12.2. The molecule has 0 amide bonds. The van der Waals surface area contributed by atoms with E-state index in [-0.39, 0.29) is 0 Å². The van der Waals surface area contributed by atoms with Gasteiger partial charge < -0.3 is 14.8 Å². The number of nitrogens with one attached hydrogen (secondary N) is 1. The van der Waals surface area contributed by atoms with E-state index in [0.717, 1.165) is 11.3 Å². The van der Waals surface area contributed by atoms with Gasteiger partial charge in [0, 0.05) is 13.0 Å². The Kier molecular flexibility index (Phi) is 4.15. The van der Waals surface area contributed by atoms with Crippen LogP contribution in [0.3, 0.4) is 0 Å². The maximum absolute atomic E-state index is 11.2. The van der Waals surface area contributed by atoms with Crippen LogP contribution in [0.1, 0.15) is 17.4 Å². The summed E-state index contributed by atoms with van der Waals surface area (Å²) in [6, 6.07) is 12.2. The van der Waals surface area contributed by atoms with Gasteiger partial charge in [-0.2, -0.15) is 0 Å². The standard InChI is InChI=1S/C14H15NO3/c16-14(17)13(11-5-2-1-3-6-11)15-9-8-12-7-4-10-18-12/h1-7,10,13,15H,8-9H2,(H,16,17). The molecule has 0 radical (unpaired) electrons. The van der Waals surface area contributed by atoms with Crippen molar-refractivity contribution in [2.45, 2.75) is 12.5 Å². The molecule has 4 heteroatoms. The minimum absolute atomic E-state index is 0.555. The van der Waals surface area contributed by atoms with Gasteiger partial charge in [-0.3, -0.25) is 4.79 Å². The van der Waals surface area contributed by atoms with Crippen LogP contribution in [-0.2, 0) is 11.2 Å². The van der Waals surface area contributed by atoms with E-state index >= 15 is 0 Å². The van der Waals surface area contributed by atoms with Crippen LogP contribution in [0, 0.1) is 0 Å². The van der Waals surface area contributed by atoms with Crippen LogP contribution in [0.15, 0.2) is 53.1 Å². The van der Waals surface area contributed by atoms with E-state index in [2.05, 4.69) is 5.32 Å². The van der Waals surface area contributed by atoms with Crippen molar-refractivity contribution in [3.8, 4) is 0 Å². The predicted octanol–water partition coefficient (Wildman–Crippen LogP) is 2.24. The minimum Gasteiger partial charge on any atom is -0.480 e. The summed E-state index contributed by atoms with van der Waals surface area (Å²) >= 11 is 0. The molecule has 0 bridgehead atoms. The van der Waals surface area contributed by atoms with Crippen LogP contribution in [-0.4, -0.2) is 17.6 Å². The monoisotopic (exact) mass is 245 g/mol. The molecule has 0 aliphatic carbocycles. The number of rotatable bonds is 6. The van der Waals surface area contributed by atoms with Crippen molar-refractivity contribution in [3.63, 3.8) is 0 Å². The van der Waals surface area contributed by atoms with Gasteiger partial charge in [-0.15, -0.1) is 0 Å². The fourth-order valence-electron chi connectivity index (χ4n) is 1.79. The Labute approximate surface area is 105 Å². The topological polar surface area (TPSA) is 62.5 Å². The first-order chi connectivity index (χ1) is 8.77. The van der Waals surface area contributed by atoms with Crippen LogP contribution in [0.4, 0.5) is 0 Å². The molecule has 1 unspecified atom stereocenters. The number of carboxylic acids is 1. The summed E-state index contributed by atoms with van der Waals surface area (Å²) in [5, 5.41) is 12.2. The van der Waals surface area contributed by atoms with Crippen molar-refractivity contribution in [3.05, 3.63) is 60.1 Å². The molecule has 0 spiro atoms. The number of hydrogen-bond acceptors (Lipinski definition) is 3. The molecule has 0 aliphatic rings. The highest BCUT2D eigenvalue weighted by molar-refractivity contribution is 5.75. The summed E-state index contributed by atoms with van der Waals surface area (Å²) < 4.78 is 5.19. The second-order valence-corrected chi connectivity index (χ2v) is 3.97. The molecule has 0 aliphatic heterocycles. The van der Waals surface area contributed by atoms with Gasteiger partial charge in [0.05, 0.1) is 6.26 Å². The predicted molar refractivity (Wildman–Crippen MR) is 67.2 cm³/mol. The van der Waals surface area contributed by atoms with Crippen molar-refractivity contribution in [2.24, 2.45) is 0 Å². The highest BCUT2D eigenvalue weighted by Crippen LogP contribution is 2.12. The highest BCUT2D eigenvalue weighted by atomic mass is 16.4. The van der Waals surface area contributed by atoms with Gasteiger partial charge in [0.1, 0.15) is 11.8 Å². The van der Waals surface area contributed by atoms with E-state index in [1.807, 2.05) is 30.3 Å². The van der Waals surface area contributed by atoms with Crippen LogP contribution < -0.4 is 5.32 Å². The molecule has 2 rings (SSSR count). The van der Waals surface area contributed by atoms with Crippen molar-refractivity contribution in [1.82, 2.24) is 5.32 Å². The molecule has 0 saturated heterocycles.